The number of rotatable bonds is 4. The molecule has 0 aliphatic heterocycles. The summed E-state index contributed by atoms with van der Waals surface area (Å²) >= 11 is 0. The van der Waals surface area contributed by atoms with Gasteiger partial charge in [-0.3, -0.25) is 0 Å². The standard InChI is InChI=1S/C22H18N2O/c25-20(15-16-9-3-1-4-10-16)22-23-19-14-8-7-13-18(19)21(24-22)17-11-5-2-6-12-17/h1-14,20,25H,15H2/t20-/m0/s1. The molecular weight excluding hydrogens is 308 g/mol. The average Bonchev–Trinajstić information content (AvgIpc) is 2.68. The van der Waals surface area contributed by atoms with Gasteiger partial charge in [0.15, 0.2) is 5.82 Å². The highest BCUT2D eigenvalue weighted by atomic mass is 16.3. The van der Waals surface area contributed by atoms with Crippen LogP contribution in [-0.4, -0.2) is 15.1 Å². The van der Waals surface area contributed by atoms with Gasteiger partial charge in [0.25, 0.3) is 0 Å². The normalized spacial score (nSPS) is 12.2. The SMILES string of the molecule is O[C@@H](Cc1ccccc1)c1nc(-c2ccccc2)c2ccccc2n1. The number of hydrogen-bond acceptors (Lipinski definition) is 3. The van der Waals surface area contributed by atoms with E-state index < -0.39 is 6.10 Å². The molecule has 0 aliphatic carbocycles. The molecule has 0 radical (unpaired) electrons. The molecular formula is C22H18N2O. The minimum Gasteiger partial charge on any atom is -0.385 e. The van der Waals surface area contributed by atoms with Crippen molar-refractivity contribution in [2.45, 2.75) is 12.5 Å². The van der Waals surface area contributed by atoms with Crippen LogP contribution in [0.3, 0.4) is 0 Å². The van der Waals surface area contributed by atoms with Gasteiger partial charge in [-0.25, -0.2) is 9.97 Å². The van der Waals surface area contributed by atoms with E-state index in [0.29, 0.717) is 12.2 Å². The molecule has 3 aromatic carbocycles. The summed E-state index contributed by atoms with van der Waals surface area (Å²) in [6, 6.07) is 27.9. The molecule has 25 heavy (non-hydrogen) atoms. The zero-order chi connectivity index (χ0) is 17.1. The first kappa shape index (κ1) is 15.5. The quantitative estimate of drug-likeness (QED) is 0.597. The van der Waals surface area contributed by atoms with Gasteiger partial charge in [-0.2, -0.15) is 0 Å². The van der Waals surface area contributed by atoms with Gasteiger partial charge in [0.1, 0.15) is 6.10 Å². The van der Waals surface area contributed by atoms with Crippen molar-refractivity contribution in [1.29, 1.82) is 0 Å². The van der Waals surface area contributed by atoms with E-state index in [9.17, 15) is 5.11 Å². The second-order valence-electron chi connectivity index (χ2n) is 6.02. The van der Waals surface area contributed by atoms with E-state index in [1.54, 1.807) is 0 Å². The molecule has 0 aliphatic rings. The Labute approximate surface area is 146 Å². The number of fused-ring (bicyclic) bond motifs is 1. The van der Waals surface area contributed by atoms with E-state index in [0.717, 1.165) is 27.7 Å². The van der Waals surface area contributed by atoms with Crippen molar-refractivity contribution in [1.82, 2.24) is 9.97 Å². The maximum Gasteiger partial charge on any atom is 0.158 e. The van der Waals surface area contributed by atoms with Crippen LogP contribution in [0.4, 0.5) is 0 Å². The Bertz CT molecular complexity index is 984. The molecule has 3 nitrogen and oxygen atoms in total. The zero-order valence-electron chi connectivity index (χ0n) is 13.7. The predicted molar refractivity (Wildman–Crippen MR) is 100 cm³/mol. The lowest BCUT2D eigenvalue weighted by molar-refractivity contribution is 0.169. The van der Waals surface area contributed by atoms with Gasteiger partial charge in [-0.05, 0) is 11.6 Å². The first-order chi connectivity index (χ1) is 12.3. The van der Waals surface area contributed by atoms with E-state index in [2.05, 4.69) is 4.98 Å². The second kappa shape index (κ2) is 6.83. The third-order valence-corrected chi connectivity index (χ3v) is 4.24. The Morgan fingerprint density at radius 3 is 2.12 bits per heavy atom. The van der Waals surface area contributed by atoms with Crippen LogP contribution in [0.25, 0.3) is 22.2 Å². The molecule has 0 saturated heterocycles. The van der Waals surface area contributed by atoms with Crippen molar-refractivity contribution in [3.63, 3.8) is 0 Å². The molecule has 0 fully saturated rings. The summed E-state index contributed by atoms with van der Waals surface area (Å²) in [5.41, 5.74) is 3.79. The summed E-state index contributed by atoms with van der Waals surface area (Å²) in [5.74, 6) is 0.460. The number of benzene rings is 3. The van der Waals surface area contributed by atoms with Crippen LogP contribution in [-0.2, 0) is 6.42 Å². The summed E-state index contributed by atoms with van der Waals surface area (Å²) in [7, 11) is 0. The van der Waals surface area contributed by atoms with Crippen LogP contribution in [0, 0.1) is 0 Å². The van der Waals surface area contributed by atoms with Gasteiger partial charge >= 0.3 is 0 Å². The Morgan fingerprint density at radius 2 is 1.36 bits per heavy atom. The third kappa shape index (κ3) is 3.28. The number of aliphatic hydroxyl groups excluding tert-OH is 1. The van der Waals surface area contributed by atoms with Gasteiger partial charge in [0.05, 0.1) is 11.2 Å². The summed E-state index contributed by atoms with van der Waals surface area (Å²) in [4.78, 5) is 9.30. The maximum atomic E-state index is 10.7. The molecule has 1 heterocycles. The van der Waals surface area contributed by atoms with Crippen LogP contribution in [0.1, 0.15) is 17.5 Å². The number of aromatic nitrogens is 2. The highest BCUT2D eigenvalue weighted by Crippen LogP contribution is 2.28. The molecule has 0 spiro atoms. The Balaban J connectivity index is 1.80. The van der Waals surface area contributed by atoms with Crippen LogP contribution >= 0.6 is 0 Å². The molecule has 4 rings (SSSR count). The fourth-order valence-electron chi connectivity index (χ4n) is 2.99. The highest BCUT2D eigenvalue weighted by Gasteiger charge is 2.16. The Kier molecular flexibility index (Phi) is 4.23. The second-order valence-corrected chi connectivity index (χ2v) is 6.02. The molecule has 1 atom stereocenters. The van der Waals surface area contributed by atoms with E-state index in [1.165, 1.54) is 0 Å². The number of aliphatic hydroxyl groups is 1. The fraction of sp³-hybridized carbons (Fsp3) is 0.0909. The summed E-state index contributed by atoms with van der Waals surface area (Å²) < 4.78 is 0. The van der Waals surface area contributed by atoms with E-state index in [1.807, 2.05) is 84.9 Å². The minimum atomic E-state index is -0.741. The molecule has 0 amide bonds. The van der Waals surface area contributed by atoms with E-state index >= 15 is 0 Å². The number of hydrogen-bond donors (Lipinski definition) is 1. The van der Waals surface area contributed by atoms with Gasteiger partial charge < -0.3 is 5.11 Å². The molecule has 122 valence electrons. The topological polar surface area (TPSA) is 46.0 Å². The van der Waals surface area contributed by atoms with Crippen molar-refractivity contribution in [2.24, 2.45) is 0 Å². The largest absolute Gasteiger partial charge is 0.385 e. The lowest BCUT2D eigenvalue weighted by atomic mass is 10.0. The van der Waals surface area contributed by atoms with Crippen molar-refractivity contribution in [3.05, 3.63) is 96.3 Å². The molecule has 1 N–H and O–H groups in total. The summed E-state index contributed by atoms with van der Waals surface area (Å²) in [6.45, 7) is 0. The number of nitrogens with zero attached hydrogens (tertiary/aromatic N) is 2. The summed E-state index contributed by atoms with van der Waals surface area (Å²) in [6.07, 6.45) is -0.248. The first-order valence-electron chi connectivity index (χ1n) is 8.35. The van der Waals surface area contributed by atoms with Crippen molar-refractivity contribution in [2.75, 3.05) is 0 Å². The first-order valence-corrected chi connectivity index (χ1v) is 8.35. The monoisotopic (exact) mass is 326 g/mol. The smallest absolute Gasteiger partial charge is 0.158 e. The Hall–Kier alpha value is -3.04. The van der Waals surface area contributed by atoms with Gasteiger partial charge in [-0.15, -0.1) is 0 Å². The average molecular weight is 326 g/mol. The lowest BCUT2D eigenvalue weighted by Crippen LogP contribution is -2.08. The molecule has 0 saturated carbocycles. The maximum absolute atomic E-state index is 10.7. The van der Waals surface area contributed by atoms with Crippen molar-refractivity contribution in [3.8, 4) is 11.3 Å². The van der Waals surface area contributed by atoms with Gasteiger partial charge in [0.2, 0.25) is 0 Å². The zero-order valence-corrected chi connectivity index (χ0v) is 13.7. The lowest BCUT2D eigenvalue weighted by Gasteiger charge is -2.13. The molecule has 4 aromatic rings. The predicted octanol–water partition coefficient (Wildman–Crippen LogP) is 4.57. The van der Waals surface area contributed by atoms with Crippen LogP contribution in [0.2, 0.25) is 0 Å². The van der Waals surface area contributed by atoms with Crippen LogP contribution in [0.15, 0.2) is 84.9 Å². The Morgan fingerprint density at radius 1 is 0.720 bits per heavy atom. The van der Waals surface area contributed by atoms with E-state index in [-0.39, 0.29) is 0 Å². The fourth-order valence-corrected chi connectivity index (χ4v) is 2.99. The van der Waals surface area contributed by atoms with Crippen LogP contribution in [0.5, 0.6) is 0 Å². The highest BCUT2D eigenvalue weighted by molar-refractivity contribution is 5.92. The van der Waals surface area contributed by atoms with Gasteiger partial charge in [0, 0.05) is 17.4 Å². The van der Waals surface area contributed by atoms with Crippen LogP contribution < -0.4 is 0 Å². The summed E-state index contributed by atoms with van der Waals surface area (Å²) in [5, 5.41) is 11.7. The van der Waals surface area contributed by atoms with Gasteiger partial charge in [-0.1, -0.05) is 78.9 Å². The molecule has 1 aromatic heterocycles. The van der Waals surface area contributed by atoms with Crippen molar-refractivity contribution < 1.29 is 5.11 Å². The third-order valence-electron chi connectivity index (χ3n) is 4.24. The molecule has 3 heteroatoms. The number of para-hydroxylation sites is 1. The molecule has 0 unspecified atom stereocenters. The van der Waals surface area contributed by atoms with Crippen molar-refractivity contribution >= 4 is 10.9 Å². The molecule has 0 bridgehead atoms. The minimum absolute atomic E-state index is 0.460. The van der Waals surface area contributed by atoms with E-state index in [4.69, 9.17) is 4.98 Å².